The number of nitrogens with zero attached hydrogens (tertiary/aromatic N) is 3. The van der Waals surface area contributed by atoms with Crippen molar-refractivity contribution in [1.29, 1.82) is 0 Å². The van der Waals surface area contributed by atoms with Crippen LogP contribution >= 0.6 is 38.9 Å². The second kappa shape index (κ2) is 8.64. The first-order chi connectivity index (χ1) is 14.0. The van der Waals surface area contributed by atoms with Gasteiger partial charge in [-0.25, -0.2) is 0 Å². The van der Waals surface area contributed by atoms with Crippen molar-refractivity contribution in [1.82, 2.24) is 15.1 Å². The molecule has 1 unspecified atom stereocenters. The molecule has 1 aliphatic rings. The van der Waals surface area contributed by atoms with E-state index in [1.54, 1.807) is 41.3 Å². The SMILES string of the molecule is O=C(Nc1ccc(Cl)cc1)c1nnc(C2CCCN(C(=O)c3ccc(Br)o3)C2)s1. The summed E-state index contributed by atoms with van der Waals surface area (Å²) in [7, 11) is 0. The van der Waals surface area contributed by atoms with E-state index in [2.05, 4.69) is 31.4 Å². The lowest BCUT2D eigenvalue weighted by molar-refractivity contribution is 0.0673. The van der Waals surface area contributed by atoms with Crippen LogP contribution in [0.1, 0.15) is 44.1 Å². The van der Waals surface area contributed by atoms with Gasteiger partial charge in [0.1, 0.15) is 5.01 Å². The monoisotopic (exact) mass is 494 g/mol. The number of aromatic nitrogens is 2. The fourth-order valence-electron chi connectivity index (χ4n) is 3.16. The van der Waals surface area contributed by atoms with Gasteiger partial charge < -0.3 is 14.6 Å². The normalized spacial score (nSPS) is 16.6. The van der Waals surface area contributed by atoms with E-state index in [9.17, 15) is 9.59 Å². The van der Waals surface area contributed by atoms with Gasteiger partial charge in [-0.2, -0.15) is 0 Å². The summed E-state index contributed by atoms with van der Waals surface area (Å²) < 4.78 is 5.90. The minimum atomic E-state index is -0.319. The maximum absolute atomic E-state index is 12.6. The van der Waals surface area contributed by atoms with Crippen LogP contribution < -0.4 is 5.32 Å². The zero-order chi connectivity index (χ0) is 20.4. The smallest absolute Gasteiger partial charge is 0.289 e. The molecule has 3 aromatic rings. The molecule has 0 spiro atoms. The van der Waals surface area contributed by atoms with Gasteiger partial charge in [-0.05, 0) is 65.2 Å². The predicted molar refractivity (Wildman–Crippen MR) is 114 cm³/mol. The third kappa shape index (κ3) is 4.68. The molecule has 1 aliphatic heterocycles. The molecule has 150 valence electrons. The van der Waals surface area contributed by atoms with E-state index >= 15 is 0 Å². The Morgan fingerprint density at radius 2 is 2.00 bits per heavy atom. The number of nitrogens with one attached hydrogen (secondary N) is 1. The number of rotatable bonds is 4. The van der Waals surface area contributed by atoms with Gasteiger partial charge in [-0.1, -0.05) is 22.9 Å². The number of amides is 2. The van der Waals surface area contributed by atoms with Gasteiger partial charge in [0.15, 0.2) is 10.4 Å². The highest BCUT2D eigenvalue weighted by Gasteiger charge is 2.29. The zero-order valence-corrected chi connectivity index (χ0v) is 18.3. The summed E-state index contributed by atoms with van der Waals surface area (Å²) in [4.78, 5) is 26.8. The number of likely N-dealkylation sites (tertiary alicyclic amines) is 1. The Kier molecular flexibility index (Phi) is 5.98. The molecule has 1 atom stereocenters. The Bertz CT molecular complexity index is 1040. The van der Waals surface area contributed by atoms with Crippen molar-refractivity contribution in [3.8, 4) is 0 Å². The largest absolute Gasteiger partial charge is 0.444 e. The van der Waals surface area contributed by atoms with Crippen LogP contribution in [0.15, 0.2) is 45.5 Å². The zero-order valence-electron chi connectivity index (χ0n) is 15.1. The van der Waals surface area contributed by atoms with Gasteiger partial charge in [-0.3, -0.25) is 9.59 Å². The first-order valence-corrected chi connectivity index (χ1v) is 10.9. The summed E-state index contributed by atoms with van der Waals surface area (Å²) in [5, 5.41) is 12.7. The van der Waals surface area contributed by atoms with Gasteiger partial charge >= 0.3 is 0 Å². The number of piperidine rings is 1. The summed E-state index contributed by atoms with van der Waals surface area (Å²) in [5.74, 6) is -0.121. The molecule has 1 N–H and O–H groups in total. The standard InChI is InChI=1S/C19H16BrClN4O3S/c20-15-8-7-14(28-15)19(27)25-9-1-2-11(10-25)17-23-24-18(29-17)16(26)22-13-5-3-12(21)4-6-13/h3-8,11H,1-2,9-10H2,(H,22,26). The van der Waals surface area contributed by atoms with Crippen LogP contribution in [0.3, 0.4) is 0 Å². The number of furan rings is 1. The number of halogens is 2. The van der Waals surface area contributed by atoms with Gasteiger partial charge in [0, 0.05) is 29.7 Å². The third-order valence-electron chi connectivity index (χ3n) is 4.58. The average molecular weight is 496 g/mol. The number of carbonyl (C=O) groups is 2. The first-order valence-electron chi connectivity index (χ1n) is 8.94. The lowest BCUT2D eigenvalue weighted by Gasteiger charge is -2.30. The number of hydrogen-bond acceptors (Lipinski definition) is 6. The van der Waals surface area contributed by atoms with Crippen molar-refractivity contribution in [3.63, 3.8) is 0 Å². The number of carbonyl (C=O) groups excluding carboxylic acids is 2. The molecule has 0 radical (unpaired) electrons. The van der Waals surface area contributed by atoms with Crippen molar-refractivity contribution >= 4 is 56.4 Å². The van der Waals surface area contributed by atoms with Crippen molar-refractivity contribution in [2.24, 2.45) is 0 Å². The van der Waals surface area contributed by atoms with Crippen LogP contribution in [0, 0.1) is 0 Å². The van der Waals surface area contributed by atoms with Crippen LogP contribution in [0.2, 0.25) is 5.02 Å². The van der Waals surface area contributed by atoms with Gasteiger partial charge in [0.2, 0.25) is 5.01 Å². The molecule has 4 rings (SSSR count). The lowest BCUT2D eigenvalue weighted by Crippen LogP contribution is -2.38. The molecule has 1 fully saturated rings. The minimum Gasteiger partial charge on any atom is -0.444 e. The van der Waals surface area contributed by atoms with E-state index < -0.39 is 0 Å². The highest BCUT2D eigenvalue weighted by molar-refractivity contribution is 9.10. The van der Waals surface area contributed by atoms with E-state index in [-0.39, 0.29) is 22.7 Å². The molecule has 0 aliphatic carbocycles. The summed E-state index contributed by atoms with van der Waals surface area (Å²) in [6, 6.07) is 10.2. The topological polar surface area (TPSA) is 88.3 Å². The molecular weight excluding hydrogens is 480 g/mol. The molecule has 7 nitrogen and oxygen atoms in total. The average Bonchev–Trinajstić information content (AvgIpc) is 3.39. The van der Waals surface area contributed by atoms with E-state index in [4.69, 9.17) is 16.0 Å². The molecule has 0 saturated carbocycles. The first kappa shape index (κ1) is 20.1. The Hall–Kier alpha value is -2.23. The number of anilines is 1. The maximum Gasteiger partial charge on any atom is 0.289 e. The number of hydrogen-bond donors (Lipinski definition) is 1. The predicted octanol–water partition coefficient (Wildman–Crippen LogP) is 4.82. The fourth-order valence-corrected chi connectivity index (χ4v) is 4.45. The van der Waals surface area contributed by atoms with Crippen LogP contribution in [-0.4, -0.2) is 40.0 Å². The van der Waals surface area contributed by atoms with Gasteiger partial charge in [0.25, 0.3) is 11.8 Å². The van der Waals surface area contributed by atoms with E-state index in [1.165, 1.54) is 11.3 Å². The highest BCUT2D eigenvalue weighted by atomic mass is 79.9. The van der Waals surface area contributed by atoms with Crippen molar-refractivity contribution in [2.45, 2.75) is 18.8 Å². The lowest BCUT2D eigenvalue weighted by atomic mass is 9.98. The Morgan fingerprint density at radius 1 is 1.21 bits per heavy atom. The second-order valence-corrected chi connectivity index (χ2v) is 8.83. The van der Waals surface area contributed by atoms with Crippen molar-refractivity contribution in [3.05, 3.63) is 61.9 Å². The molecule has 1 aromatic carbocycles. The summed E-state index contributed by atoms with van der Waals surface area (Å²) in [5.41, 5.74) is 0.634. The molecule has 1 saturated heterocycles. The molecule has 3 heterocycles. The maximum atomic E-state index is 12.6. The highest BCUT2D eigenvalue weighted by Crippen LogP contribution is 2.30. The fraction of sp³-hybridized carbons (Fsp3) is 0.263. The van der Waals surface area contributed by atoms with E-state index in [0.29, 0.717) is 34.2 Å². The third-order valence-corrected chi connectivity index (χ3v) is 6.34. The Balaban J connectivity index is 1.42. The summed E-state index contributed by atoms with van der Waals surface area (Å²) in [6.07, 6.45) is 1.74. The van der Waals surface area contributed by atoms with Crippen molar-refractivity contribution in [2.75, 3.05) is 18.4 Å². The molecule has 2 amide bonds. The van der Waals surface area contributed by atoms with E-state index in [0.717, 1.165) is 17.8 Å². The quantitative estimate of drug-likeness (QED) is 0.561. The Labute approximate surface area is 184 Å². The summed E-state index contributed by atoms with van der Waals surface area (Å²) in [6.45, 7) is 1.18. The van der Waals surface area contributed by atoms with Gasteiger partial charge in [-0.15, -0.1) is 10.2 Å². The van der Waals surface area contributed by atoms with Crippen LogP contribution in [-0.2, 0) is 0 Å². The Morgan fingerprint density at radius 3 is 2.72 bits per heavy atom. The molecular formula is C19H16BrClN4O3S. The minimum absolute atomic E-state index is 0.0423. The van der Waals surface area contributed by atoms with Crippen LogP contribution in [0.4, 0.5) is 5.69 Å². The van der Waals surface area contributed by atoms with Crippen molar-refractivity contribution < 1.29 is 14.0 Å². The van der Waals surface area contributed by atoms with Crippen LogP contribution in [0.5, 0.6) is 0 Å². The van der Waals surface area contributed by atoms with Crippen LogP contribution in [0.25, 0.3) is 0 Å². The number of benzene rings is 1. The molecule has 10 heteroatoms. The second-order valence-electron chi connectivity index (χ2n) is 6.60. The van der Waals surface area contributed by atoms with Gasteiger partial charge in [0.05, 0.1) is 0 Å². The molecule has 2 aromatic heterocycles. The van der Waals surface area contributed by atoms with E-state index in [1.807, 2.05) is 0 Å². The summed E-state index contributed by atoms with van der Waals surface area (Å²) >= 11 is 10.3. The molecule has 0 bridgehead atoms. The molecule has 29 heavy (non-hydrogen) atoms.